The number of hydrogen-bond acceptors (Lipinski definition) is 2. The molecule has 0 aromatic heterocycles. The van der Waals surface area contributed by atoms with Crippen LogP contribution in [0.1, 0.15) is 47.0 Å². The van der Waals surface area contributed by atoms with Crippen molar-refractivity contribution in [2.24, 2.45) is 5.92 Å². The maximum atomic E-state index is 5.94. The predicted molar refractivity (Wildman–Crippen MR) is 58.4 cm³/mol. The SMILES string of the molecule is CCCC1O[C@@H](C)C[C@@H](C)[C@@H]1OCC. The summed E-state index contributed by atoms with van der Waals surface area (Å²) in [6.07, 6.45) is 4.46. The van der Waals surface area contributed by atoms with Crippen molar-refractivity contribution in [2.75, 3.05) is 6.61 Å². The summed E-state index contributed by atoms with van der Waals surface area (Å²) in [5.74, 6) is 0.634. The minimum absolute atomic E-state index is 0.316. The fourth-order valence-electron chi connectivity index (χ4n) is 2.44. The second-order valence-electron chi connectivity index (χ2n) is 4.41. The van der Waals surface area contributed by atoms with Crippen LogP contribution in [0.3, 0.4) is 0 Å². The Balaban J connectivity index is 2.55. The van der Waals surface area contributed by atoms with E-state index in [1.807, 2.05) is 0 Å². The second-order valence-corrected chi connectivity index (χ2v) is 4.41. The van der Waals surface area contributed by atoms with Crippen molar-refractivity contribution in [3.63, 3.8) is 0 Å². The molecule has 1 unspecified atom stereocenters. The van der Waals surface area contributed by atoms with Gasteiger partial charge in [-0.25, -0.2) is 0 Å². The van der Waals surface area contributed by atoms with Gasteiger partial charge in [0.15, 0.2) is 0 Å². The monoisotopic (exact) mass is 200 g/mol. The lowest BCUT2D eigenvalue weighted by atomic mass is 9.89. The molecular formula is C12H24O2. The summed E-state index contributed by atoms with van der Waals surface area (Å²) in [7, 11) is 0. The molecule has 0 saturated carbocycles. The Hall–Kier alpha value is -0.0800. The summed E-state index contributed by atoms with van der Waals surface area (Å²) in [5.41, 5.74) is 0. The summed E-state index contributed by atoms with van der Waals surface area (Å²) >= 11 is 0. The first-order chi connectivity index (χ1) is 6.69. The van der Waals surface area contributed by atoms with Gasteiger partial charge in [0.25, 0.3) is 0 Å². The first-order valence-electron chi connectivity index (χ1n) is 5.96. The maximum Gasteiger partial charge on any atom is 0.0863 e. The molecule has 2 heteroatoms. The molecule has 2 nitrogen and oxygen atoms in total. The van der Waals surface area contributed by atoms with Gasteiger partial charge >= 0.3 is 0 Å². The highest BCUT2D eigenvalue weighted by Gasteiger charge is 2.34. The summed E-state index contributed by atoms with van der Waals surface area (Å²) < 4.78 is 11.7. The summed E-state index contributed by atoms with van der Waals surface area (Å²) in [4.78, 5) is 0. The Labute approximate surface area is 88.0 Å². The Kier molecular flexibility index (Phi) is 4.90. The molecule has 1 saturated heterocycles. The zero-order valence-corrected chi connectivity index (χ0v) is 9.95. The van der Waals surface area contributed by atoms with E-state index in [-0.39, 0.29) is 0 Å². The van der Waals surface area contributed by atoms with Gasteiger partial charge in [-0.05, 0) is 32.6 Å². The van der Waals surface area contributed by atoms with Gasteiger partial charge in [-0.3, -0.25) is 0 Å². The third-order valence-electron chi connectivity index (χ3n) is 2.97. The molecule has 0 amide bonds. The molecule has 1 aliphatic heterocycles. The van der Waals surface area contributed by atoms with Crippen LogP contribution in [0.2, 0.25) is 0 Å². The van der Waals surface area contributed by atoms with Gasteiger partial charge in [-0.15, -0.1) is 0 Å². The molecule has 14 heavy (non-hydrogen) atoms. The highest BCUT2D eigenvalue weighted by atomic mass is 16.5. The third kappa shape index (κ3) is 2.96. The first kappa shape index (κ1) is 12.0. The van der Waals surface area contributed by atoms with Crippen LogP contribution in [-0.2, 0) is 9.47 Å². The van der Waals surface area contributed by atoms with Gasteiger partial charge in [0.05, 0.1) is 18.3 Å². The lowest BCUT2D eigenvalue weighted by Crippen LogP contribution is -2.44. The fraction of sp³-hybridized carbons (Fsp3) is 1.00. The number of ether oxygens (including phenoxy) is 2. The van der Waals surface area contributed by atoms with Crippen molar-refractivity contribution in [2.45, 2.75) is 65.3 Å². The van der Waals surface area contributed by atoms with Gasteiger partial charge in [0.1, 0.15) is 0 Å². The summed E-state index contributed by atoms with van der Waals surface area (Å²) in [6, 6.07) is 0. The molecule has 1 aliphatic rings. The molecule has 1 heterocycles. The van der Waals surface area contributed by atoms with Crippen LogP contribution in [-0.4, -0.2) is 24.9 Å². The molecule has 1 fully saturated rings. The van der Waals surface area contributed by atoms with Gasteiger partial charge < -0.3 is 9.47 Å². The van der Waals surface area contributed by atoms with Gasteiger partial charge in [0.2, 0.25) is 0 Å². The Morgan fingerprint density at radius 2 is 2.00 bits per heavy atom. The number of hydrogen-bond donors (Lipinski definition) is 0. The molecule has 0 aromatic carbocycles. The summed E-state index contributed by atoms with van der Waals surface area (Å²) in [5, 5.41) is 0. The quantitative estimate of drug-likeness (QED) is 0.694. The van der Waals surface area contributed by atoms with Crippen LogP contribution >= 0.6 is 0 Å². The van der Waals surface area contributed by atoms with Crippen LogP contribution in [0.5, 0.6) is 0 Å². The molecule has 0 aromatic rings. The summed E-state index contributed by atoms with van der Waals surface area (Å²) in [6.45, 7) is 9.51. The van der Waals surface area contributed by atoms with Crippen molar-refractivity contribution >= 4 is 0 Å². The average molecular weight is 200 g/mol. The standard InChI is InChI=1S/C12H24O2/c1-5-7-11-12(13-6-2)9(3)8-10(4)14-11/h9-12H,5-8H2,1-4H3/t9-,10+,11?,12+/m1/s1. The van der Waals surface area contributed by atoms with E-state index in [9.17, 15) is 0 Å². The smallest absolute Gasteiger partial charge is 0.0863 e. The van der Waals surface area contributed by atoms with Crippen LogP contribution in [0.4, 0.5) is 0 Å². The minimum atomic E-state index is 0.316. The predicted octanol–water partition coefficient (Wildman–Crippen LogP) is 3.01. The van der Waals surface area contributed by atoms with E-state index in [4.69, 9.17) is 9.47 Å². The fourth-order valence-corrected chi connectivity index (χ4v) is 2.44. The van der Waals surface area contributed by atoms with Crippen LogP contribution in [0.25, 0.3) is 0 Å². The number of rotatable bonds is 4. The normalized spacial score (nSPS) is 38.6. The third-order valence-corrected chi connectivity index (χ3v) is 2.97. The molecule has 0 bridgehead atoms. The maximum absolute atomic E-state index is 5.94. The van der Waals surface area contributed by atoms with Crippen LogP contribution < -0.4 is 0 Å². The average Bonchev–Trinajstić information content (AvgIpc) is 2.11. The molecule has 4 atom stereocenters. The van der Waals surface area contributed by atoms with E-state index >= 15 is 0 Å². The van der Waals surface area contributed by atoms with E-state index < -0.39 is 0 Å². The molecule has 84 valence electrons. The minimum Gasteiger partial charge on any atom is -0.376 e. The Morgan fingerprint density at radius 3 is 2.57 bits per heavy atom. The molecule has 1 rings (SSSR count). The van der Waals surface area contributed by atoms with Crippen molar-refractivity contribution in [1.29, 1.82) is 0 Å². The van der Waals surface area contributed by atoms with Crippen molar-refractivity contribution < 1.29 is 9.47 Å². The zero-order valence-electron chi connectivity index (χ0n) is 9.95. The zero-order chi connectivity index (χ0) is 10.6. The van der Waals surface area contributed by atoms with E-state index in [0.717, 1.165) is 19.4 Å². The van der Waals surface area contributed by atoms with Gasteiger partial charge in [-0.2, -0.15) is 0 Å². The van der Waals surface area contributed by atoms with E-state index in [1.54, 1.807) is 0 Å². The molecule has 0 aliphatic carbocycles. The Morgan fingerprint density at radius 1 is 1.29 bits per heavy atom. The van der Waals surface area contributed by atoms with Gasteiger partial charge in [0, 0.05) is 6.61 Å². The largest absolute Gasteiger partial charge is 0.376 e. The van der Waals surface area contributed by atoms with Gasteiger partial charge in [-0.1, -0.05) is 20.3 Å². The highest BCUT2D eigenvalue weighted by molar-refractivity contribution is 4.83. The molecule has 0 spiro atoms. The Bertz CT molecular complexity index is 158. The van der Waals surface area contributed by atoms with Crippen molar-refractivity contribution in [3.8, 4) is 0 Å². The van der Waals surface area contributed by atoms with E-state index in [1.165, 1.54) is 6.42 Å². The van der Waals surface area contributed by atoms with Crippen LogP contribution in [0.15, 0.2) is 0 Å². The first-order valence-corrected chi connectivity index (χ1v) is 5.96. The lowest BCUT2D eigenvalue weighted by molar-refractivity contribution is -0.158. The molecule has 0 N–H and O–H groups in total. The molecule has 0 radical (unpaired) electrons. The molecular weight excluding hydrogens is 176 g/mol. The highest BCUT2D eigenvalue weighted by Crippen LogP contribution is 2.29. The topological polar surface area (TPSA) is 18.5 Å². The van der Waals surface area contributed by atoms with Crippen LogP contribution in [0, 0.1) is 5.92 Å². The van der Waals surface area contributed by atoms with E-state index in [0.29, 0.717) is 24.2 Å². The second kappa shape index (κ2) is 5.72. The van der Waals surface area contributed by atoms with E-state index in [2.05, 4.69) is 27.7 Å². The lowest BCUT2D eigenvalue weighted by Gasteiger charge is -2.39. The van der Waals surface area contributed by atoms with Crippen molar-refractivity contribution in [1.82, 2.24) is 0 Å². The van der Waals surface area contributed by atoms with Crippen molar-refractivity contribution in [3.05, 3.63) is 0 Å².